The van der Waals surface area contributed by atoms with Gasteiger partial charge in [-0.1, -0.05) is 0 Å². The number of nitrogens with zero attached hydrogens (tertiary/aromatic N) is 2. The van der Waals surface area contributed by atoms with Crippen molar-refractivity contribution in [3.63, 3.8) is 0 Å². The fraction of sp³-hybridized carbons (Fsp3) is 0.467. The zero-order valence-corrected chi connectivity index (χ0v) is 12.3. The van der Waals surface area contributed by atoms with Gasteiger partial charge in [0.2, 0.25) is 11.8 Å². The average Bonchev–Trinajstić information content (AvgIpc) is 2.85. The molecular formula is C15H18F2N2O3. The molecule has 1 heterocycles. The lowest BCUT2D eigenvalue weighted by Gasteiger charge is -2.23. The number of likely N-dealkylation sites (N-methyl/N-ethyl adjacent to an activating group) is 1. The molecule has 1 aromatic carbocycles. The molecule has 5 nitrogen and oxygen atoms in total. The normalized spacial score (nSPS) is 17.9. The second-order valence-corrected chi connectivity index (χ2v) is 5.17. The van der Waals surface area contributed by atoms with E-state index in [0.717, 1.165) is 18.2 Å². The van der Waals surface area contributed by atoms with Crippen molar-refractivity contribution in [2.45, 2.75) is 13.3 Å². The Balaban J connectivity index is 2.15. The van der Waals surface area contributed by atoms with Crippen LogP contribution in [0.2, 0.25) is 0 Å². The zero-order valence-electron chi connectivity index (χ0n) is 12.3. The van der Waals surface area contributed by atoms with Crippen LogP contribution < -0.4 is 4.90 Å². The number of benzene rings is 1. The molecule has 0 aromatic heterocycles. The number of aliphatic hydroxyl groups is 1. The van der Waals surface area contributed by atoms with Crippen molar-refractivity contribution in [1.82, 2.24) is 4.90 Å². The maximum absolute atomic E-state index is 13.3. The van der Waals surface area contributed by atoms with Gasteiger partial charge in [0.1, 0.15) is 11.6 Å². The topological polar surface area (TPSA) is 60.9 Å². The molecular weight excluding hydrogens is 294 g/mol. The highest BCUT2D eigenvalue weighted by Crippen LogP contribution is 2.27. The van der Waals surface area contributed by atoms with Gasteiger partial charge in [-0.3, -0.25) is 9.59 Å². The Labute approximate surface area is 127 Å². The second-order valence-electron chi connectivity index (χ2n) is 5.17. The highest BCUT2D eigenvalue weighted by atomic mass is 19.1. The van der Waals surface area contributed by atoms with Crippen LogP contribution in [0, 0.1) is 17.6 Å². The lowest BCUT2D eigenvalue weighted by Crippen LogP contribution is -2.39. The number of aliphatic hydroxyl groups excluding tert-OH is 1. The highest BCUT2D eigenvalue weighted by molar-refractivity contribution is 6.00. The summed E-state index contributed by atoms with van der Waals surface area (Å²) in [4.78, 5) is 27.0. The summed E-state index contributed by atoms with van der Waals surface area (Å²) in [5.74, 6) is -2.68. The number of carbonyl (C=O) groups is 2. The van der Waals surface area contributed by atoms with Crippen LogP contribution >= 0.6 is 0 Å². The van der Waals surface area contributed by atoms with Crippen molar-refractivity contribution in [2.75, 3.05) is 31.1 Å². The molecule has 22 heavy (non-hydrogen) atoms. The molecule has 2 rings (SSSR count). The van der Waals surface area contributed by atoms with E-state index >= 15 is 0 Å². The smallest absolute Gasteiger partial charge is 0.228 e. The lowest BCUT2D eigenvalue weighted by atomic mass is 10.1. The zero-order chi connectivity index (χ0) is 16.3. The molecule has 1 atom stereocenters. The fourth-order valence-corrected chi connectivity index (χ4v) is 2.62. The SMILES string of the molecule is CCN(CCO)C(=O)C1CC(=O)N(c2cc(F)cc(F)c2)C1. The average molecular weight is 312 g/mol. The van der Waals surface area contributed by atoms with Gasteiger partial charge in [0.15, 0.2) is 0 Å². The van der Waals surface area contributed by atoms with Crippen LogP contribution in [0.15, 0.2) is 18.2 Å². The predicted molar refractivity (Wildman–Crippen MR) is 76.2 cm³/mol. The van der Waals surface area contributed by atoms with E-state index in [2.05, 4.69) is 0 Å². The third-order valence-electron chi connectivity index (χ3n) is 3.70. The Morgan fingerprint density at radius 1 is 1.36 bits per heavy atom. The van der Waals surface area contributed by atoms with Gasteiger partial charge in [0, 0.05) is 37.8 Å². The molecule has 120 valence electrons. The van der Waals surface area contributed by atoms with Crippen molar-refractivity contribution < 1.29 is 23.5 Å². The number of anilines is 1. The summed E-state index contributed by atoms with van der Waals surface area (Å²) in [5.41, 5.74) is 0.114. The first-order chi connectivity index (χ1) is 10.5. The van der Waals surface area contributed by atoms with Crippen LogP contribution in [0.5, 0.6) is 0 Å². The molecule has 1 aromatic rings. The van der Waals surface area contributed by atoms with E-state index in [0.29, 0.717) is 6.54 Å². The highest BCUT2D eigenvalue weighted by Gasteiger charge is 2.37. The second kappa shape index (κ2) is 6.83. The van der Waals surface area contributed by atoms with E-state index in [1.165, 1.54) is 9.80 Å². The first-order valence-corrected chi connectivity index (χ1v) is 7.12. The number of rotatable bonds is 5. The Morgan fingerprint density at radius 2 is 2.00 bits per heavy atom. The monoisotopic (exact) mass is 312 g/mol. The Morgan fingerprint density at radius 3 is 2.55 bits per heavy atom. The van der Waals surface area contributed by atoms with Crippen LogP contribution in [0.3, 0.4) is 0 Å². The largest absolute Gasteiger partial charge is 0.395 e. The van der Waals surface area contributed by atoms with Crippen LogP contribution in [-0.2, 0) is 9.59 Å². The predicted octanol–water partition coefficient (Wildman–Crippen LogP) is 1.16. The van der Waals surface area contributed by atoms with Crippen molar-refractivity contribution in [3.05, 3.63) is 29.8 Å². The molecule has 2 amide bonds. The first-order valence-electron chi connectivity index (χ1n) is 7.12. The van der Waals surface area contributed by atoms with Crippen LogP contribution in [0.4, 0.5) is 14.5 Å². The molecule has 0 bridgehead atoms. The molecule has 1 fully saturated rings. The van der Waals surface area contributed by atoms with E-state index in [1.807, 2.05) is 0 Å². The summed E-state index contributed by atoms with van der Waals surface area (Å²) in [6.45, 7) is 2.35. The van der Waals surface area contributed by atoms with E-state index in [-0.39, 0.29) is 43.6 Å². The van der Waals surface area contributed by atoms with Crippen LogP contribution in [0.25, 0.3) is 0 Å². The molecule has 0 aliphatic carbocycles. The van der Waals surface area contributed by atoms with Gasteiger partial charge in [0.05, 0.1) is 12.5 Å². The Bertz CT molecular complexity index is 560. The minimum Gasteiger partial charge on any atom is -0.395 e. The minimum absolute atomic E-state index is 0.00110. The molecule has 1 unspecified atom stereocenters. The van der Waals surface area contributed by atoms with Crippen molar-refractivity contribution in [3.8, 4) is 0 Å². The van der Waals surface area contributed by atoms with Gasteiger partial charge < -0.3 is 14.9 Å². The Kier molecular flexibility index (Phi) is 5.07. The van der Waals surface area contributed by atoms with Gasteiger partial charge >= 0.3 is 0 Å². The summed E-state index contributed by atoms with van der Waals surface area (Å²) in [7, 11) is 0. The van der Waals surface area contributed by atoms with E-state index in [1.54, 1.807) is 6.92 Å². The first kappa shape index (κ1) is 16.4. The summed E-state index contributed by atoms with van der Waals surface area (Å²) in [5, 5.41) is 8.95. The molecule has 0 spiro atoms. The van der Waals surface area contributed by atoms with Gasteiger partial charge in [-0.25, -0.2) is 8.78 Å². The van der Waals surface area contributed by atoms with E-state index in [4.69, 9.17) is 5.11 Å². The summed E-state index contributed by atoms with van der Waals surface area (Å²) in [6.07, 6.45) is -0.00110. The fourth-order valence-electron chi connectivity index (χ4n) is 2.62. The van der Waals surface area contributed by atoms with E-state index < -0.39 is 17.6 Å². The summed E-state index contributed by atoms with van der Waals surface area (Å²) >= 11 is 0. The van der Waals surface area contributed by atoms with Crippen molar-refractivity contribution >= 4 is 17.5 Å². The Hall–Kier alpha value is -2.02. The number of carbonyl (C=O) groups excluding carboxylic acids is 2. The molecule has 0 radical (unpaired) electrons. The lowest BCUT2D eigenvalue weighted by molar-refractivity contribution is -0.136. The number of amides is 2. The maximum atomic E-state index is 13.3. The van der Waals surface area contributed by atoms with Crippen LogP contribution in [0.1, 0.15) is 13.3 Å². The molecule has 1 aliphatic heterocycles. The number of hydrogen-bond donors (Lipinski definition) is 1. The number of halogens is 2. The third kappa shape index (κ3) is 3.41. The van der Waals surface area contributed by atoms with Gasteiger partial charge in [-0.15, -0.1) is 0 Å². The molecule has 7 heteroatoms. The van der Waals surface area contributed by atoms with Crippen molar-refractivity contribution in [2.24, 2.45) is 5.92 Å². The van der Waals surface area contributed by atoms with Gasteiger partial charge in [0.25, 0.3) is 0 Å². The minimum atomic E-state index is -0.770. The summed E-state index contributed by atoms with van der Waals surface area (Å²) < 4.78 is 26.5. The molecule has 0 saturated carbocycles. The molecule has 1 saturated heterocycles. The number of hydrogen-bond acceptors (Lipinski definition) is 3. The molecule has 1 aliphatic rings. The maximum Gasteiger partial charge on any atom is 0.228 e. The summed E-state index contributed by atoms with van der Waals surface area (Å²) in [6, 6.07) is 2.87. The quantitative estimate of drug-likeness (QED) is 0.887. The van der Waals surface area contributed by atoms with E-state index in [9.17, 15) is 18.4 Å². The van der Waals surface area contributed by atoms with Crippen molar-refractivity contribution in [1.29, 1.82) is 0 Å². The van der Waals surface area contributed by atoms with Gasteiger partial charge in [-0.2, -0.15) is 0 Å². The molecule has 1 N–H and O–H groups in total. The third-order valence-corrected chi connectivity index (χ3v) is 3.70. The van der Waals surface area contributed by atoms with Crippen LogP contribution in [-0.4, -0.2) is 48.1 Å². The van der Waals surface area contributed by atoms with Gasteiger partial charge in [-0.05, 0) is 19.1 Å². The standard InChI is InChI=1S/C15H18F2N2O3/c1-2-18(3-4-20)15(22)10-5-14(21)19(9-10)13-7-11(16)6-12(17)8-13/h6-8,10,20H,2-5,9H2,1H3.